The van der Waals surface area contributed by atoms with Crippen molar-refractivity contribution in [1.29, 1.82) is 0 Å². The van der Waals surface area contributed by atoms with Gasteiger partial charge in [-0.2, -0.15) is 0 Å². The molecule has 0 atom stereocenters. The third-order valence-electron chi connectivity index (χ3n) is 2.65. The molecule has 0 radical (unpaired) electrons. The number of pyridine rings is 1. The van der Waals surface area contributed by atoms with Crippen molar-refractivity contribution in [2.45, 2.75) is 10.6 Å². The second-order valence-corrected chi connectivity index (χ2v) is 6.21. The summed E-state index contributed by atoms with van der Waals surface area (Å²) in [6.07, 6.45) is 2.11. The van der Waals surface area contributed by atoms with Crippen molar-refractivity contribution in [2.24, 2.45) is 0 Å². The van der Waals surface area contributed by atoms with Crippen LogP contribution in [0.5, 0.6) is 0 Å². The van der Waals surface area contributed by atoms with Gasteiger partial charge in [0.1, 0.15) is 11.6 Å². The molecule has 0 amide bonds. The van der Waals surface area contributed by atoms with Crippen molar-refractivity contribution >= 4 is 15.8 Å². The maximum absolute atomic E-state index is 13.3. The Bertz CT molecular complexity index is 806. The lowest BCUT2D eigenvalue weighted by Crippen LogP contribution is -2.08. The average Bonchev–Trinajstić information content (AvgIpc) is 2.38. The molecule has 0 saturated heterocycles. The van der Waals surface area contributed by atoms with E-state index in [1.54, 1.807) is 0 Å². The van der Waals surface area contributed by atoms with Gasteiger partial charge in [-0.15, -0.1) is 0 Å². The lowest BCUT2D eigenvalue weighted by Gasteiger charge is -2.06. The standard InChI is InChI=1S/C13H9F2NO4S/c14-9-3-8(5-16-6-9)7-21(19,20)10-1-2-12(15)11(4-10)13(17)18/h1-6H,7H2,(H,17,18). The molecular weight excluding hydrogens is 304 g/mol. The number of aromatic carboxylic acids is 1. The highest BCUT2D eigenvalue weighted by Crippen LogP contribution is 2.19. The monoisotopic (exact) mass is 313 g/mol. The fraction of sp³-hybridized carbons (Fsp3) is 0.0769. The number of benzene rings is 1. The van der Waals surface area contributed by atoms with Gasteiger partial charge >= 0.3 is 5.97 Å². The topological polar surface area (TPSA) is 84.3 Å². The SMILES string of the molecule is O=C(O)c1cc(S(=O)(=O)Cc2cncc(F)c2)ccc1F. The average molecular weight is 313 g/mol. The number of carboxylic acid groups (broad SMARTS) is 1. The minimum Gasteiger partial charge on any atom is -0.478 e. The second kappa shape index (κ2) is 5.57. The molecule has 1 aromatic heterocycles. The van der Waals surface area contributed by atoms with Crippen molar-refractivity contribution < 1.29 is 27.1 Å². The molecule has 8 heteroatoms. The fourth-order valence-electron chi connectivity index (χ4n) is 1.70. The van der Waals surface area contributed by atoms with Crippen molar-refractivity contribution in [3.63, 3.8) is 0 Å². The van der Waals surface area contributed by atoms with Gasteiger partial charge in [0.2, 0.25) is 0 Å². The molecule has 5 nitrogen and oxygen atoms in total. The van der Waals surface area contributed by atoms with Crippen LogP contribution in [0.4, 0.5) is 8.78 Å². The molecule has 1 heterocycles. The molecule has 0 fully saturated rings. The van der Waals surface area contributed by atoms with Crippen LogP contribution in [0.1, 0.15) is 15.9 Å². The number of carboxylic acids is 1. The molecule has 1 aromatic carbocycles. The van der Waals surface area contributed by atoms with E-state index in [2.05, 4.69) is 4.98 Å². The molecule has 0 bridgehead atoms. The summed E-state index contributed by atoms with van der Waals surface area (Å²) >= 11 is 0. The van der Waals surface area contributed by atoms with E-state index in [1.165, 1.54) is 6.20 Å². The van der Waals surface area contributed by atoms with Gasteiger partial charge < -0.3 is 5.11 Å². The van der Waals surface area contributed by atoms with Gasteiger partial charge in [0.05, 0.1) is 22.4 Å². The highest BCUT2D eigenvalue weighted by Gasteiger charge is 2.20. The van der Waals surface area contributed by atoms with Crippen molar-refractivity contribution in [3.05, 3.63) is 59.4 Å². The number of sulfone groups is 1. The van der Waals surface area contributed by atoms with Crippen LogP contribution >= 0.6 is 0 Å². The number of aromatic nitrogens is 1. The Morgan fingerprint density at radius 2 is 1.90 bits per heavy atom. The first kappa shape index (κ1) is 15.0. The van der Waals surface area contributed by atoms with Gasteiger partial charge in [-0.1, -0.05) is 0 Å². The van der Waals surface area contributed by atoms with Crippen LogP contribution < -0.4 is 0 Å². The van der Waals surface area contributed by atoms with Crippen LogP contribution in [0.2, 0.25) is 0 Å². The largest absolute Gasteiger partial charge is 0.478 e. The van der Waals surface area contributed by atoms with Gasteiger partial charge in [-0.05, 0) is 29.8 Å². The van der Waals surface area contributed by atoms with E-state index >= 15 is 0 Å². The molecule has 0 unspecified atom stereocenters. The minimum atomic E-state index is -3.94. The Morgan fingerprint density at radius 3 is 2.52 bits per heavy atom. The van der Waals surface area contributed by atoms with Gasteiger partial charge in [-0.3, -0.25) is 4.98 Å². The van der Waals surface area contributed by atoms with Crippen LogP contribution in [0.25, 0.3) is 0 Å². The van der Waals surface area contributed by atoms with E-state index < -0.39 is 38.8 Å². The predicted molar refractivity (Wildman–Crippen MR) is 68.4 cm³/mol. The van der Waals surface area contributed by atoms with E-state index in [0.717, 1.165) is 30.5 Å². The summed E-state index contributed by atoms with van der Waals surface area (Å²) in [6, 6.07) is 3.47. The smallest absolute Gasteiger partial charge is 0.338 e. The number of nitrogens with zero attached hydrogens (tertiary/aromatic N) is 1. The molecule has 0 aliphatic heterocycles. The number of hydrogen-bond donors (Lipinski definition) is 1. The van der Waals surface area contributed by atoms with E-state index in [0.29, 0.717) is 0 Å². The Kier molecular flexibility index (Phi) is 3.99. The van der Waals surface area contributed by atoms with Crippen LogP contribution in [-0.2, 0) is 15.6 Å². The summed E-state index contributed by atoms with van der Waals surface area (Å²) in [5.41, 5.74) is -0.635. The highest BCUT2D eigenvalue weighted by molar-refractivity contribution is 7.90. The van der Waals surface area contributed by atoms with E-state index in [1.807, 2.05) is 0 Å². The molecule has 2 rings (SSSR count). The third-order valence-corrected chi connectivity index (χ3v) is 4.33. The zero-order valence-electron chi connectivity index (χ0n) is 10.5. The summed E-state index contributed by atoms with van der Waals surface area (Å²) < 4.78 is 50.5. The van der Waals surface area contributed by atoms with E-state index in [4.69, 9.17) is 5.11 Å². The Balaban J connectivity index is 2.40. The molecule has 2 aromatic rings. The van der Waals surface area contributed by atoms with Crippen LogP contribution in [0.15, 0.2) is 41.6 Å². The predicted octanol–water partition coefficient (Wildman–Crippen LogP) is 2.03. The second-order valence-electron chi connectivity index (χ2n) is 4.22. The zero-order valence-corrected chi connectivity index (χ0v) is 11.3. The molecule has 21 heavy (non-hydrogen) atoms. The first-order chi connectivity index (χ1) is 9.79. The zero-order chi connectivity index (χ0) is 15.6. The van der Waals surface area contributed by atoms with Crippen LogP contribution in [-0.4, -0.2) is 24.5 Å². The maximum Gasteiger partial charge on any atom is 0.338 e. The summed E-state index contributed by atoms with van der Waals surface area (Å²) in [6.45, 7) is 0. The number of carbonyl (C=O) groups is 1. The summed E-state index contributed by atoms with van der Waals surface area (Å²) in [4.78, 5) is 14.0. The summed E-state index contributed by atoms with van der Waals surface area (Å²) in [7, 11) is -3.94. The summed E-state index contributed by atoms with van der Waals surface area (Å²) in [5.74, 6) is -3.86. The van der Waals surface area contributed by atoms with Gasteiger partial charge in [-0.25, -0.2) is 22.0 Å². The molecule has 1 N–H and O–H groups in total. The number of hydrogen-bond acceptors (Lipinski definition) is 4. The molecule has 110 valence electrons. The highest BCUT2D eigenvalue weighted by atomic mass is 32.2. The normalized spacial score (nSPS) is 11.3. The van der Waals surface area contributed by atoms with Crippen molar-refractivity contribution in [1.82, 2.24) is 4.98 Å². The first-order valence-corrected chi connectivity index (χ1v) is 7.30. The molecule has 0 saturated carbocycles. The van der Waals surface area contributed by atoms with Gasteiger partial charge in [0.25, 0.3) is 0 Å². The fourth-order valence-corrected chi connectivity index (χ4v) is 3.04. The summed E-state index contributed by atoms with van der Waals surface area (Å²) in [5, 5.41) is 8.79. The van der Waals surface area contributed by atoms with Crippen molar-refractivity contribution in [2.75, 3.05) is 0 Å². The van der Waals surface area contributed by atoms with Gasteiger partial charge in [0, 0.05) is 6.20 Å². The molecule has 0 aliphatic rings. The molecule has 0 aliphatic carbocycles. The van der Waals surface area contributed by atoms with E-state index in [9.17, 15) is 22.0 Å². The Labute approximate surface area is 118 Å². The van der Waals surface area contributed by atoms with Gasteiger partial charge in [0.15, 0.2) is 9.84 Å². The molecular formula is C13H9F2NO4S. The maximum atomic E-state index is 13.3. The lowest BCUT2D eigenvalue weighted by atomic mass is 10.2. The van der Waals surface area contributed by atoms with Crippen LogP contribution in [0, 0.1) is 11.6 Å². The third kappa shape index (κ3) is 3.40. The Morgan fingerprint density at radius 1 is 1.19 bits per heavy atom. The van der Waals surface area contributed by atoms with Crippen LogP contribution in [0.3, 0.4) is 0 Å². The number of halogens is 2. The molecule has 0 spiro atoms. The number of rotatable bonds is 4. The van der Waals surface area contributed by atoms with E-state index in [-0.39, 0.29) is 10.5 Å². The first-order valence-electron chi connectivity index (χ1n) is 5.64. The quantitative estimate of drug-likeness (QED) is 0.873. The minimum absolute atomic E-state index is 0.108. The lowest BCUT2D eigenvalue weighted by molar-refractivity contribution is 0.0691. The van der Waals surface area contributed by atoms with Crippen molar-refractivity contribution in [3.8, 4) is 0 Å². The Hall–Kier alpha value is -2.35.